The summed E-state index contributed by atoms with van der Waals surface area (Å²) in [6, 6.07) is 0. The molecule has 0 rings (SSSR count). The highest BCUT2D eigenvalue weighted by Gasteiger charge is 2.26. The van der Waals surface area contributed by atoms with E-state index in [4.69, 9.17) is 0 Å². The Balaban J connectivity index is 3.17. The lowest BCUT2D eigenvalue weighted by Crippen LogP contribution is -2.08. The lowest BCUT2D eigenvalue weighted by atomic mass is 10.8. The van der Waals surface area contributed by atoms with Crippen LogP contribution in [-0.2, 0) is 0 Å². The first-order valence-electron chi connectivity index (χ1n) is 1.19. The molecule has 0 aliphatic carbocycles. The molecule has 0 fully saturated rings. The number of halogens is 4. The minimum Gasteiger partial charge on any atom is -0.241 e. The number of hydrogen-bond donors (Lipinski definition) is 0. The largest absolute Gasteiger partial charge is 0.416 e. The Morgan fingerprint density at radius 2 is 1.33 bits per heavy atom. The van der Waals surface area contributed by atoms with Gasteiger partial charge in [0.1, 0.15) is 0 Å². The summed E-state index contributed by atoms with van der Waals surface area (Å²) in [4.78, 5) is 0. The SMILES string of the molecule is FCC(F)(F)F. The third-order valence-corrected chi connectivity index (χ3v) is 0.152. The van der Waals surface area contributed by atoms with E-state index >= 15 is 0 Å². The van der Waals surface area contributed by atoms with Crippen LogP contribution in [0.3, 0.4) is 0 Å². The van der Waals surface area contributed by atoms with Crippen molar-refractivity contribution in [1.29, 1.82) is 0 Å². The quantitative estimate of drug-likeness (QED) is 0.407. The molecule has 0 unspecified atom stereocenters. The van der Waals surface area contributed by atoms with Crippen LogP contribution in [0.1, 0.15) is 0 Å². The number of rotatable bonds is 0. The fourth-order valence-electron chi connectivity index (χ4n) is 0. The van der Waals surface area contributed by atoms with Gasteiger partial charge < -0.3 is 0 Å². The third-order valence-electron chi connectivity index (χ3n) is 0.152. The summed E-state index contributed by atoms with van der Waals surface area (Å²) < 4.78 is 41.6. The molecule has 0 aromatic heterocycles. The van der Waals surface area contributed by atoms with Crippen LogP contribution in [0.25, 0.3) is 0 Å². The van der Waals surface area contributed by atoms with Crippen LogP contribution < -0.4 is 0 Å². The van der Waals surface area contributed by atoms with Gasteiger partial charge in [-0.05, 0) is 0 Å². The van der Waals surface area contributed by atoms with Gasteiger partial charge in [0, 0.05) is 0 Å². The van der Waals surface area contributed by atoms with E-state index in [1.54, 1.807) is 0 Å². The Morgan fingerprint density at radius 3 is 1.33 bits per heavy atom. The van der Waals surface area contributed by atoms with E-state index in [2.05, 4.69) is 0 Å². The summed E-state index contributed by atoms with van der Waals surface area (Å²) >= 11 is 0. The van der Waals surface area contributed by atoms with Gasteiger partial charge in [0.15, 0.2) is 6.67 Å². The standard InChI is InChI=1S/C2H2F4/c3-1-2(4,5)6/h1H2. The monoisotopic (exact) mass is 102 g/mol. The van der Waals surface area contributed by atoms with Crippen molar-refractivity contribution in [2.75, 3.05) is 6.67 Å². The number of alkyl halides is 4. The molecule has 0 nitrogen and oxygen atoms in total. The van der Waals surface area contributed by atoms with Crippen molar-refractivity contribution in [3.8, 4) is 0 Å². The maximum Gasteiger partial charge on any atom is 0.416 e. The molecule has 0 amide bonds. The van der Waals surface area contributed by atoms with Gasteiger partial charge in [-0.3, -0.25) is 0 Å². The van der Waals surface area contributed by atoms with E-state index in [9.17, 15) is 17.6 Å². The molecule has 0 radical (unpaired) electrons. The van der Waals surface area contributed by atoms with Crippen LogP contribution in [0, 0.1) is 0 Å². The average molecular weight is 102 g/mol. The van der Waals surface area contributed by atoms with Gasteiger partial charge in [-0.2, -0.15) is 13.2 Å². The summed E-state index contributed by atoms with van der Waals surface area (Å²) in [6.45, 7) is -2.23. The van der Waals surface area contributed by atoms with Crippen LogP contribution in [0.15, 0.2) is 0 Å². The molecule has 4 heteroatoms. The molecule has 0 heterocycles. The molecule has 38 valence electrons. The van der Waals surface area contributed by atoms with Crippen molar-refractivity contribution in [2.24, 2.45) is 0 Å². The van der Waals surface area contributed by atoms with Gasteiger partial charge in [0.25, 0.3) is 0 Å². The summed E-state index contributed by atoms with van der Waals surface area (Å²) in [5.74, 6) is 0. The van der Waals surface area contributed by atoms with Crippen molar-refractivity contribution in [1.82, 2.24) is 0 Å². The van der Waals surface area contributed by atoms with E-state index in [-0.39, 0.29) is 0 Å². The zero-order chi connectivity index (χ0) is 5.21. The van der Waals surface area contributed by atoms with E-state index in [1.807, 2.05) is 0 Å². The molecule has 0 atom stereocenters. The molecular formula is C2H2F4. The molecule has 0 bridgehead atoms. The fraction of sp³-hybridized carbons (Fsp3) is 1.00. The van der Waals surface area contributed by atoms with Crippen LogP contribution in [-0.4, -0.2) is 12.9 Å². The van der Waals surface area contributed by atoms with E-state index in [0.717, 1.165) is 0 Å². The van der Waals surface area contributed by atoms with Crippen molar-refractivity contribution < 1.29 is 17.6 Å². The second kappa shape index (κ2) is 1.45. The second-order valence-electron chi connectivity index (χ2n) is 0.749. The predicted molar refractivity (Wildman–Crippen MR) is 12.0 cm³/mol. The van der Waals surface area contributed by atoms with Gasteiger partial charge >= 0.3 is 6.18 Å². The average Bonchev–Trinajstić information content (AvgIpc) is 1.35. The molecule has 0 N–H and O–H groups in total. The van der Waals surface area contributed by atoms with Crippen molar-refractivity contribution in [2.45, 2.75) is 6.18 Å². The van der Waals surface area contributed by atoms with E-state index in [1.165, 1.54) is 0 Å². The summed E-state index contributed by atoms with van der Waals surface area (Å²) in [5, 5.41) is 0. The molecule has 0 aliphatic heterocycles. The van der Waals surface area contributed by atoms with Crippen LogP contribution >= 0.6 is 0 Å². The first-order chi connectivity index (χ1) is 2.56. The normalized spacial score (nSPS) is 12.0. The first-order valence-corrected chi connectivity index (χ1v) is 1.19. The zero-order valence-corrected chi connectivity index (χ0v) is 2.72. The van der Waals surface area contributed by atoms with Gasteiger partial charge in [-0.25, -0.2) is 4.39 Å². The van der Waals surface area contributed by atoms with Crippen molar-refractivity contribution >= 4 is 0 Å². The fourth-order valence-corrected chi connectivity index (χ4v) is 0. The lowest BCUT2D eigenvalue weighted by molar-refractivity contribution is -0.142. The molecule has 0 saturated heterocycles. The van der Waals surface area contributed by atoms with Gasteiger partial charge in [0.2, 0.25) is 0 Å². The molecular weight excluding hydrogens is 100 g/mol. The predicted octanol–water partition coefficient (Wildman–Crippen LogP) is 1.52. The lowest BCUT2D eigenvalue weighted by Gasteiger charge is -1.93. The highest BCUT2D eigenvalue weighted by molar-refractivity contribution is 4.39. The molecule has 0 aromatic carbocycles. The summed E-state index contributed by atoms with van der Waals surface area (Å²) in [5.41, 5.74) is 0. The Hall–Kier alpha value is -0.280. The minimum absolute atomic E-state index is 2.23. The highest BCUT2D eigenvalue weighted by atomic mass is 19.4. The minimum atomic E-state index is -4.62. The maximum absolute atomic E-state index is 10.4. The van der Waals surface area contributed by atoms with Gasteiger partial charge in [-0.15, -0.1) is 0 Å². The molecule has 0 saturated carbocycles. The third kappa shape index (κ3) is 3.72. The Kier molecular flexibility index (Phi) is 1.38. The Labute approximate surface area is 31.8 Å². The van der Waals surface area contributed by atoms with E-state index in [0.29, 0.717) is 0 Å². The zero-order valence-electron chi connectivity index (χ0n) is 2.72. The molecule has 6 heavy (non-hydrogen) atoms. The van der Waals surface area contributed by atoms with Crippen LogP contribution in [0.5, 0.6) is 0 Å². The van der Waals surface area contributed by atoms with Gasteiger partial charge in [0.05, 0.1) is 0 Å². The van der Waals surface area contributed by atoms with Crippen LogP contribution in [0.2, 0.25) is 0 Å². The van der Waals surface area contributed by atoms with Crippen LogP contribution in [0.4, 0.5) is 17.6 Å². The number of hydrogen-bond acceptors (Lipinski definition) is 0. The maximum atomic E-state index is 10.4. The van der Waals surface area contributed by atoms with Crippen molar-refractivity contribution in [3.05, 3.63) is 0 Å². The van der Waals surface area contributed by atoms with Crippen molar-refractivity contribution in [3.63, 3.8) is 0 Å². The molecule has 0 spiro atoms. The topological polar surface area (TPSA) is 0 Å². The first kappa shape index (κ1) is 5.72. The highest BCUT2D eigenvalue weighted by Crippen LogP contribution is 2.13. The summed E-state index contributed by atoms with van der Waals surface area (Å²) in [7, 11) is 0. The second-order valence-corrected chi connectivity index (χ2v) is 0.749. The summed E-state index contributed by atoms with van der Waals surface area (Å²) in [6.07, 6.45) is -4.62. The Bertz CT molecular complexity index is 35.3. The molecule has 0 aromatic rings. The Morgan fingerprint density at radius 1 is 1.17 bits per heavy atom. The molecule has 0 aliphatic rings. The smallest absolute Gasteiger partial charge is 0.241 e. The van der Waals surface area contributed by atoms with E-state index < -0.39 is 12.9 Å². The van der Waals surface area contributed by atoms with Gasteiger partial charge in [-0.1, -0.05) is 0 Å².